The molecule has 1 saturated heterocycles. The number of carbonyl (C=O) groups excluding carboxylic acids is 1. The van der Waals surface area contributed by atoms with Gasteiger partial charge in [0.15, 0.2) is 5.82 Å². The van der Waals surface area contributed by atoms with Crippen LogP contribution in [0.15, 0.2) is 30.5 Å². The van der Waals surface area contributed by atoms with Crippen LogP contribution >= 0.6 is 0 Å². The summed E-state index contributed by atoms with van der Waals surface area (Å²) in [6.45, 7) is 2.60. The monoisotopic (exact) mass is 317 g/mol. The Morgan fingerprint density at radius 2 is 2.26 bits per heavy atom. The van der Waals surface area contributed by atoms with Crippen LogP contribution in [0, 0.1) is 6.92 Å². The third-order valence-corrected chi connectivity index (χ3v) is 4.32. The van der Waals surface area contributed by atoms with Gasteiger partial charge in [-0.1, -0.05) is 0 Å². The van der Waals surface area contributed by atoms with Crippen molar-refractivity contribution in [3.8, 4) is 0 Å². The van der Waals surface area contributed by atoms with Crippen molar-refractivity contribution < 1.29 is 9.18 Å². The van der Waals surface area contributed by atoms with Crippen molar-refractivity contribution in [2.75, 3.05) is 18.0 Å². The van der Waals surface area contributed by atoms with Crippen LogP contribution in [0.5, 0.6) is 0 Å². The number of amides is 1. The maximum Gasteiger partial charge on any atom is 0.267 e. The normalized spacial score (nSPS) is 20.7. The van der Waals surface area contributed by atoms with E-state index in [4.69, 9.17) is 0 Å². The summed E-state index contributed by atoms with van der Waals surface area (Å²) < 4.78 is 15.7. The molecular weight excluding hydrogens is 297 g/mol. The van der Waals surface area contributed by atoms with E-state index in [-0.39, 0.29) is 18.5 Å². The van der Waals surface area contributed by atoms with E-state index in [9.17, 15) is 9.18 Å². The molecule has 3 heterocycles. The third-order valence-electron chi connectivity index (χ3n) is 4.32. The predicted octanol–water partition coefficient (Wildman–Crippen LogP) is 1.47. The average Bonchev–Trinajstić information content (AvgIpc) is 3.09. The highest BCUT2D eigenvalue weighted by Crippen LogP contribution is 2.24. The van der Waals surface area contributed by atoms with Crippen molar-refractivity contribution in [2.45, 2.75) is 25.6 Å². The van der Waals surface area contributed by atoms with Gasteiger partial charge in [-0.25, -0.2) is 4.39 Å². The molecular formula is C16H20FN5O. The minimum Gasteiger partial charge on any atom is -0.349 e. The Labute approximate surface area is 134 Å². The number of hydrogen-bond acceptors (Lipinski definition) is 4. The largest absolute Gasteiger partial charge is 0.349 e. The Morgan fingerprint density at radius 3 is 2.91 bits per heavy atom. The van der Waals surface area contributed by atoms with Gasteiger partial charge in [0.1, 0.15) is 11.9 Å². The van der Waals surface area contributed by atoms with E-state index in [0.717, 1.165) is 5.69 Å². The summed E-state index contributed by atoms with van der Waals surface area (Å²) in [6.07, 6.45) is 1.04. The molecule has 2 aromatic rings. The number of halogens is 1. The Bertz CT molecular complexity index is 687. The minimum atomic E-state index is -0.920. The van der Waals surface area contributed by atoms with E-state index in [2.05, 4.69) is 15.5 Å². The van der Waals surface area contributed by atoms with Crippen molar-refractivity contribution >= 4 is 11.7 Å². The topological polar surface area (TPSA) is 63.1 Å². The highest BCUT2D eigenvalue weighted by Gasteiger charge is 2.33. The first kappa shape index (κ1) is 15.5. The molecule has 6 nitrogen and oxygen atoms in total. The molecule has 2 atom stereocenters. The van der Waals surface area contributed by atoms with Gasteiger partial charge in [-0.15, -0.1) is 5.10 Å². The number of aromatic nitrogens is 3. The van der Waals surface area contributed by atoms with Crippen molar-refractivity contribution in [1.29, 1.82) is 0 Å². The van der Waals surface area contributed by atoms with Crippen LogP contribution in [0.4, 0.5) is 10.2 Å². The molecule has 0 spiro atoms. The van der Waals surface area contributed by atoms with Gasteiger partial charge >= 0.3 is 0 Å². The lowest BCUT2D eigenvalue weighted by Crippen LogP contribution is -2.41. The Balaban J connectivity index is 1.67. The quantitative estimate of drug-likeness (QED) is 0.927. The number of nitrogens with zero attached hydrogens (tertiary/aromatic N) is 4. The maximum atomic E-state index is 13.8. The lowest BCUT2D eigenvalue weighted by molar-refractivity contribution is 0.0942. The second-order valence-corrected chi connectivity index (χ2v) is 5.85. The first-order valence-electron chi connectivity index (χ1n) is 7.65. The highest BCUT2D eigenvalue weighted by molar-refractivity contribution is 5.92. The fourth-order valence-electron chi connectivity index (χ4n) is 2.92. The van der Waals surface area contributed by atoms with Crippen molar-refractivity contribution in [2.24, 2.45) is 7.05 Å². The second kappa shape index (κ2) is 6.36. The van der Waals surface area contributed by atoms with Crippen LogP contribution in [0.25, 0.3) is 0 Å². The predicted molar refractivity (Wildman–Crippen MR) is 85.2 cm³/mol. The summed E-state index contributed by atoms with van der Waals surface area (Å²) in [6, 6.07) is 7.15. The standard InChI is InChI=1S/C16H20FN5O/c1-11-5-6-14(21(11)2)16(23)18-9-13-8-12(17)10-22(13)15-4-3-7-19-20-15/h3-7,12-13H,8-10H2,1-2H3,(H,18,23)/t12-,13-/m0/s1. The van der Waals surface area contributed by atoms with Gasteiger partial charge in [-0.05, 0) is 31.2 Å². The van der Waals surface area contributed by atoms with E-state index in [1.54, 1.807) is 24.4 Å². The molecule has 0 radical (unpaired) electrons. The molecule has 1 aliphatic heterocycles. The summed E-state index contributed by atoms with van der Waals surface area (Å²) in [5.74, 6) is 0.489. The lowest BCUT2D eigenvalue weighted by Gasteiger charge is -2.24. The van der Waals surface area contributed by atoms with E-state index in [0.29, 0.717) is 24.5 Å². The summed E-state index contributed by atoms with van der Waals surface area (Å²) in [7, 11) is 1.85. The average molecular weight is 317 g/mol. The molecule has 3 rings (SSSR count). The zero-order chi connectivity index (χ0) is 16.4. The first-order valence-corrected chi connectivity index (χ1v) is 7.65. The van der Waals surface area contributed by atoms with Crippen molar-refractivity contribution in [3.05, 3.63) is 41.9 Å². The number of nitrogens with one attached hydrogen (secondary N) is 1. The van der Waals surface area contributed by atoms with Crippen LogP contribution < -0.4 is 10.2 Å². The Hall–Kier alpha value is -2.44. The van der Waals surface area contributed by atoms with Gasteiger partial charge in [-0.3, -0.25) is 4.79 Å². The van der Waals surface area contributed by atoms with Crippen molar-refractivity contribution in [3.63, 3.8) is 0 Å². The summed E-state index contributed by atoms with van der Waals surface area (Å²) in [5.41, 5.74) is 1.62. The molecule has 7 heteroatoms. The zero-order valence-corrected chi connectivity index (χ0v) is 13.2. The first-order chi connectivity index (χ1) is 11.1. The molecule has 1 fully saturated rings. The Kier molecular flexibility index (Phi) is 4.27. The molecule has 0 bridgehead atoms. The van der Waals surface area contributed by atoms with Gasteiger partial charge in [0.05, 0.1) is 12.6 Å². The minimum absolute atomic E-state index is 0.119. The van der Waals surface area contributed by atoms with Gasteiger partial charge in [0, 0.05) is 31.9 Å². The number of anilines is 1. The highest BCUT2D eigenvalue weighted by atomic mass is 19.1. The molecule has 0 aromatic carbocycles. The van der Waals surface area contributed by atoms with Crippen LogP contribution in [-0.2, 0) is 7.05 Å². The number of hydrogen-bond donors (Lipinski definition) is 1. The van der Waals surface area contributed by atoms with E-state index in [1.807, 2.05) is 29.5 Å². The van der Waals surface area contributed by atoms with E-state index >= 15 is 0 Å². The van der Waals surface area contributed by atoms with Gasteiger partial charge in [-0.2, -0.15) is 5.10 Å². The fraction of sp³-hybridized carbons (Fsp3) is 0.438. The smallest absolute Gasteiger partial charge is 0.267 e. The fourth-order valence-corrected chi connectivity index (χ4v) is 2.92. The second-order valence-electron chi connectivity index (χ2n) is 5.85. The molecule has 23 heavy (non-hydrogen) atoms. The van der Waals surface area contributed by atoms with Crippen molar-refractivity contribution in [1.82, 2.24) is 20.1 Å². The molecule has 122 valence electrons. The summed E-state index contributed by atoms with van der Waals surface area (Å²) in [5, 5.41) is 10.8. The molecule has 1 N–H and O–H groups in total. The van der Waals surface area contributed by atoms with E-state index < -0.39 is 6.17 Å². The lowest BCUT2D eigenvalue weighted by atomic mass is 10.2. The van der Waals surface area contributed by atoms with Gasteiger partial charge in [0.2, 0.25) is 0 Å². The third kappa shape index (κ3) is 3.18. The summed E-state index contributed by atoms with van der Waals surface area (Å²) in [4.78, 5) is 14.2. The molecule has 0 unspecified atom stereocenters. The Morgan fingerprint density at radius 1 is 1.43 bits per heavy atom. The maximum absolute atomic E-state index is 13.8. The van der Waals surface area contributed by atoms with Gasteiger partial charge in [0.25, 0.3) is 5.91 Å². The molecule has 2 aromatic heterocycles. The number of rotatable bonds is 4. The zero-order valence-electron chi connectivity index (χ0n) is 13.2. The molecule has 0 aliphatic carbocycles. The molecule has 1 amide bonds. The van der Waals surface area contributed by atoms with Gasteiger partial charge < -0.3 is 14.8 Å². The number of carbonyl (C=O) groups is 1. The number of alkyl halides is 1. The summed E-state index contributed by atoms with van der Waals surface area (Å²) >= 11 is 0. The SMILES string of the molecule is Cc1ccc(C(=O)NC[C@@H]2C[C@H](F)CN2c2cccnn2)n1C. The van der Waals surface area contributed by atoms with Crippen LogP contribution in [0.3, 0.4) is 0 Å². The number of aryl methyl sites for hydroxylation is 1. The van der Waals surface area contributed by atoms with Crippen LogP contribution in [0.2, 0.25) is 0 Å². The molecule has 1 aliphatic rings. The van der Waals surface area contributed by atoms with E-state index in [1.165, 1.54) is 0 Å². The van der Waals surface area contributed by atoms with Crippen LogP contribution in [-0.4, -0.2) is 46.0 Å². The molecule has 0 saturated carbocycles. The van der Waals surface area contributed by atoms with Crippen LogP contribution in [0.1, 0.15) is 22.6 Å².